The van der Waals surface area contributed by atoms with E-state index >= 15 is 0 Å². The lowest BCUT2D eigenvalue weighted by molar-refractivity contribution is 0.0828. The van der Waals surface area contributed by atoms with Crippen molar-refractivity contribution in [1.82, 2.24) is 24.3 Å². The molecule has 1 saturated heterocycles. The molecule has 4 aromatic rings. The summed E-state index contributed by atoms with van der Waals surface area (Å²) in [6.45, 7) is 4.57. The van der Waals surface area contributed by atoms with E-state index in [1.807, 2.05) is 12.1 Å². The van der Waals surface area contributed by atoms with Crippen LogP contribution >= 0.6 is 0 Å². The third kappa shape index (κ3) is 5.49. The number of amides is 1. The Bertz CT molecular complexity index is 1540. The van der Waals surface area contributed by atoms with Gasteiger partial charge in [0.1, 0.15) is 29.4 Å². The van der Waals surface area contributed by atoms with Gasteiger partial charge in [-0.15, -0.1) is 0 Å². The van der Waals surface area contributed by atoms with Crippen molar-refractivity contribution in [3.8, 4) is 16.9 Å². The van der Waals surface area contributed by atoms with Crippen LogP contribution in [0, 0.1) is 5.82 Å². The van der Waals surface area contributed by atoms with E-state index in [9.17, 15) is 9.18 Å². The normalized spacial score (nSPS) is 20.3. The summed E-state index contributed by atoms with van der Waals surface area (Å²) in [4.78, 5) is 26.8. The Morgan fingerprint density at radius 2 is 1.71 bits per heavy atom. The molecule has 2 fully saturated rings. The number of hydrogen-bond donors (Lipinski definition) is 2. The number of methoxy groups -OCH3 is 1. The number of benzene rings is 2. The highest BCUT2D eigenvalue weighted by Crippen LogP contribution is 2.40. The molecule has 2 aromatic carbocycles. The second-order valence-corrected chi connectivity index (χ2v) is 11.1. The summed E-state index contributed by atoms with van der Waals surface area (Å²) < 4.78 is 21.2. The molecule has 41 heavy (non-hydrogen) atoms. The fourth-order valence-electron chi connectivity index (χ4n) is 6.25. The van der Waals surface area contributed by atoms with Gasteiger partial charge < -0.3 is 25.3 Å². The van der Waals surface area contributed by atoms with Gasteiger partial charge in [0.15, 0.2) is 0 Å². The van der Waals surface area contributed by atoms with Gasteiger partial charge in [0, 0.05) is 55.6 Å². The molecule has 214 valence electrons. The summed E-state index contributed by atoms with van der Waals surface area (Å²) in [5.74, 6) is 0.191. The van der Waals surface area contributed by atoms with E-state index in [1.165, 1.54) is 43.4 Å². The predicted molar refractivity (Wildman–Crippen MR) is 159 cm³/mol. The van der Waals surface area contributed by atoms with Crippen molar-refractivity contribution in [2.45, 2.75) is 37.8 Å². The minimum absolute atomic E-state index is 0.334. The van der Waals surface area contributed by atoms with Crippen molar-refractivity contribution in [1.29, 1.82) is 0 Å². The molecular weight excluding hydrogens is 521 g/mol. The van der Waals surface area contributed by atoms with Gasteiger partial charge in [0.2, 0.25) is 0 Å². The van der Waals surface area contributed by atoms with Gasteiger partial charge in [-0.2, -0.15) is 0 Å². The summed E-state index contributed by atoms with van der Waals surface area (Å²) in [6, 6.07) is 12.0. The molecule has 6 rings (SSSR count). The number of rotatable bonds is 6. The van der Waals surface area contributed by atoms with Crippen molar-refractivity contribution in [2.24, 2.45) is 0 Å². The number of anilines is 2. The van der Waals surface area contributed by atoms with E-state index < -0.39 is 5.82 Å². The van der Waals surface area contributed by atoms with Crippen molar-refractivity contribution >= 4 is 28.4 Å². The molecule has 9 nitrogen and oxygen atoms in total. The number of nitrogens with zero attached hydrogens (tertiary/aromatic N) is 5. The minimum Gasteiger partial charge on any atom is -0.495 e. The Labute approximate surface area is 239 Å². The van der Waals surface area contributed by atoms with Crippen LogP contribution in [0.15, 0.2) is 55.0 Å². The van der Waals surface area contributed by atoms with E-state index in [1.54, 1.807) is 13.2 Å². The Hall–Kier alpha value is -4.02. The van der Waals surface area contributed by atoms with Crippen molar-refractivity contribution in [3.63, 3.8) is 0 Å². The van der Waals surface area contributed by atoms with Crippen LogP contribution in [0.1, 0.15) is 42.1 Å². The van der Waals surface area contributed by atoms with E-state index in [0.717, 1.165) is 61.2 Å². The number of nitrogens with two attached hydrogens (primary N) is 1. The van der Waals surface area contributed by atoms with E-state index in [4.69, 9.17) is 10.5 Å². The first-order valence-corrected chi connectivity index (χ1v) is 14.2. The number of piperazine rings is 1. The van der Waals surface area contributed by atoms with Gasteiger partial charge in [0.05, 0.1) is 18.2 Å². The maximum Gasteiger partial charge on any atom is 0.255 e. The number of halogens is 1. The number of likely N-dealkylation sites (N-methyl/N-ethyl adjacent to an activating group) is 1. The van der Waals surface area contributed by atoms with Gasteiger partial charge in [-0.1, -0.05) is 6.07 Å². The molecule has 1 saturated carbocycles. The molecule has 0 spiro atoms. The van der Waals surface area contributed by atoms with Crippen molar-refractivity contribution in [2.75, 3.05) is 51.4 Å². The maximum atomic E-state index is 13.3. The van der Waals surface area contributed by atoms with Crippen LogP contribution < -0.4 is 15.8 Å². The second-order valence-electron chi connectivity index (χ2n) is 11.1. The number of fused-ring (bicyclic) bond motifs is 1. The Morgan fingerprint density at radius 1 is 1.00 bits per heavy atom. The highest BCUT2D eigenvalue weighted by atomic mass is 19.1. The lowest BCUT2D eigenvalue weighted by Gasteiger charge is -2.41. The molecule has 1 aliphatic heterocycles. The molecule has 0 radical (unpaired) electrons. The van der Waals surface area contributed by atoms with Gasteiger partial charge in [-0.3, -0.25) is 9.69 Å². The number of ether oxygens (including phenoxy) is 1. The zero-order chi connectivity index (χ0) is 28.5. The SMILES string of the molecule is COc1cc(-c2cn(C3CCC(N4CCN(C)CC4)CC3)c3ncnc(N)c23)ccc1NC(=O)c1ccc(F)cc1. The summed E-state index contributed by atoms with van der Waals surface area (Å²) in [6.07, 6.45) is 8.18. The molecular formula is C31H36FN7O2. The first-order chi connectivity index (χ1) is 19.9. The van der Waals surface area contributed by atoms with Crippen molar-refractivity contribution < 1.29 is 13.9 Å². The maximum absolute atomic E-state index is 13.3. The number of carbonyl (C=O) groups excluding carboxylic acids is 1. The van der Waals surface area contributed by atoms with Crippen LogP contribution in [0.3, 0.4) is 0 Å². The first kappa shape index (κ1) is 27.2. The lowest BCUT2D eigenvalue weighted by atomic mass is 9.89. The minimum atomic E-state index is -0.394. The Morgan fingerprint density at radius 3 is 2.41 bits per heavy atom. The highest BCUT2D eigenvalue weighted by Gasteiger charge is 2.30. The first-order valence-electron chi connectivity index (χ1n) is 14.2. The van der Waals surface area contributed by atoms with E-state index in [2.05, 4.69) is 42.9 Å². The standard InChI is InChI=1S/C31H36FN7O2/c1-37-13-15-38(16-14-37)23-8-10-24(11-9-23)39-18-25(28-29(33)34-19-35-30(28)39)21-5-12-26(27(17-21)41-2)36-31(40)20-3-6-22(32)7-4-20/h3-7,12,17-19,23-24H,8-11,13-16H2,1-2H3,(H,36,40)(H2,33,34,35). The molecule has 0 atom stereocenters. The van der Waals surface area contributed by atoms with Crippen LogP contribution in [0.2, 0.25) is 0 Å². The highest BCUT2D eigenvalue weighted by molar-refractivity contribution is 6.06. The van der Waals surface area contributed by atoms with Crippen LogP contribution in [-0.2, 0) is 0 Å². The quantitative estimate of drug-likeness (QED) is 0.351. The summed E-state index contributed by atoms with van der Waals surface area (Å²) in [7, 11) is 3.76. The Balaban J connectivity index is 1.26. The zero-order valence-electron chi connectivity index (χ0n) is 23.5. The number of carbonyl (C=O) groups is 1. The largest absolute Gasteiger partial charge is 0.495 e. The van der Waals surface area contributed by atoms with E-state index in [0.29, 0.717) is 34.9 Å². The summed E-state index contributed by atoms with van der Waals surface area (Å²) in [5.41, 5.74) is 9.94. The average molecular weight is 558 g/mol. The number of nitrogen functional groups attached to an aromatic ring is 1. The molecule has 1 amide bonds. The topological polar surface area (TPSA) is 102 Å². The average Bonchev–Trinajstić information content (AvgIpc) is 3.39. The summed E-state index contributed by atoms with van der Waals surface area (Å²) in [5, 5.41) is 3.69. The molecule has 0 bridgehead atoms. The molecule has 2 aromatic heterocycles. The summed E-state index contributed by atoms with van der Waals surface area (Å²) >= 11 is 0. The number of hydrogen-bond acceptors (Lipinski definition) is 7. The van der Waals surface area contributed by atoms with Crippen LogP contribution in [0.4, 0.5) is 15.9 Å². The van der Waals surface area contributed by atoms with Crippen LogP contribution in [0.5, 0.6) is 5.75 Å². The van der Waals surface area contributed by atoms with E-state index in [-0.39, 0.29) is 5.91 Å². The van der Waals surface area contributed by atoms with Gasteiger partial charge in [-0.05, 0) is 74.7 Å². The van der Waals surface area contributed by atoms with Crippen LogP contribution in [-0.4, -0.2) is 76.6 Å². The smallest absolute Gasteiger partial charge is 0.255 e. The molecule has 3 N–H and O–H groups in total. The Kier molecular flexibility index (Phi) is 7.59. The number of nitrogens with one attached hydrogen (secondary N) is 1. The monoisotopic (exact) mass is 557 g/mol. The van der Waals surface area contributed by atoms with Crippen molar-refractivity contribution in [3.05, 3.63) is 66.4 Å². The molecule has 1 aliphatic carbocycles. The zero-order valence-corrected chi connectivity index (χ0v) is 23.5. The molecule has 0 unspecified atom stereocenters. The third-order valence-electron chi connectivity index (χ3n) is 8.62. The number of aromatic nitrogens is 3. The predicted octanol–water partition coefficient (Wildman–Crippen LogP) is 4.81. The lowest BCUT2D eigenvalue weighted by Crippen LogP contribution is -2.49. The van der Waals surface area contributed by atoms with Gasteiger partial charge in [0.25, 0.3) is 5.91 Å². The fourth-order valence-corrected chi connectivity index (χ4v) is 6.25. The molecule has 3 heterocycles. The van der Waals surface area contributed by atoms with Gasteiger partial charge >= 0.3 is 0 Å². The van der Waals surface area contributed by atoms with Crippen LogP contribution in [0.25, 0.3) is 22.2 Å². The fraction of sp³-hybridized carbons (Fsp3) is 0.387. The molecule has 10 heteroatoms. The third-order valence-corrected chi connectivity index (χ3v) is 8.62. The van der Waals surface area contributed by atoms with Gasteiger partial charge in [-0.25, -0.2) is 14.4 Å². The molecule has 2 aliphatic rings. The second kappa shape index (κ2) is 11.5.